The van der Waals surface area contributed by atoms with E-state index in [1.54, 1.807) is 6.07 Å². The molecule has 4 aliphatic rings. The van der Waals surface area contributed by atoms with Gasteiger partial charge in [-0.2, -0.15) is 5.43 Å². The predicted octanol–water partition coefficient (Wildman–Crippen LogP) is 3.00. The summed E-state index contributed by atoms with van der Waals surface area (Å²) < 4.78 is 5.99. The summed E-state index contributed by atoms with van der Waals surface area (Å²) in [5.74, 6) is -0.443. The molecular formula is C26H27ClN6O4. The lowest BCUT2D eigenvalue weighted by atomic mass is 9.99. The number of halogens is 1. The number of aromatic nitrogens is 1. The summed E-state index contributed by atoms with van der Waals surface area (Å²) in [7, 11) is 0. The molecule has 0 spiro atoms. The second-order valence-corrected chi connectivity index (χ2v) is 10.3. The van der Waals surface area contributed by atoms with Crippen LogP contribution in [0.1, 0.15) is 90.0 Å². The highest BCUT2D eigenvalue weighted by molar-refractivity contribution is 6.32. The second kappa shape index (κ2) is 9.42. The highest BCUT2D eigenvalue weighted by atomic mass is 35.5. The molecule has 3 fully saturated rings. The Balaban J connectivity index is 1.19. The van der Waals surface area contributed by atoms with E-state index in [0.717, 1.165) is 16.8 Å². The van der Waals surface area contributed by atoms with Gasteiger partial charge in [0, 0.05) is 52.5 Å². The van der Waals surface area contributed by atoms with Crippen LogP contribution >= 0.6 is 11.6 Å². The molecule has 3 N–H and O–H groups in total. The first-order valence-electron chi connectivity index (χ1n) is 12.6. The van der Waals surface area contributed by atoms with E-state index in [-0.39, 0.29) is 30.8 Å². The van der Waals surface area contributed by atoms with Crippen LogP contribution in [0.25, 0.3) is 0 Å². The number of hydrogen-bond acceptors (Lipinski definition) is 7. The van der Waals surface area contributed by atoms with Gasteiger partial charge in [0.05, 0.1) is 6.04 Å². The maximum absolute atomic E-state index is 13.3. The fourth-order valence-electron chi connectivity index (χ4n) is 5.08. The molecule has 37 heavy (non-hydrogen) atoms. The Hall–Kier alpha value is -3.50. The molecule has 6 rings (SSSR count). The number of imide groups is 1. The maximum Gasteiger partial charge on any atom is 0.302 e. The summed E-state index contributed by atoms with van der Waals surface area (Å²) >= 11 is 6.62. The van der Waals surface area contributed by atoms with Gasteiger partial charge in [-0.1, -0.05) is 24.6 Å². The molecule has 10 nitrogen and oxygen atoms in total. The average molecular weight is 523 g/mol. The van der Waals surface area contributed by atoms with Crippen molar-refractivity contribution in [3.05, 3.63) is 63.4 Å². The molecule has 1 saturated carbocycles. The number of carbonyl (C=O) groups excluding carboxylic acids is 3. The average Bonchev–Trinajstić information content (AvgIpc) is 3.55. The molecule has 2 aromatic rings. The molecule has 192 valence electrons. The molecule has 3 aliphatic heterocycles. The third-order valence-electron chi connectivity index (χ3n) is 7.32. The van der Waals surface area contributed by atoms with Crippen LogP contribution in [-0.2, 0) is 20.9 Å². The van der Waals surface area contributed by atoms with Crippen LogP contribution in [0.2, 0.25) is 5.02 Å². The van der Waals surface area contributed by atoms with Crippen molar-refractivity contribution in [3.63, 3.8) is 0 Å². The third kappa shape index (κ3) is 4.55. The number of piperidine rings is 1. The van der Waals surface area contributed by atoms with Crippen molar-refractivity contribution in [1.82, 2.24) is 26.1 Å². The van der Waals surface area contributed by atoms with Crippen molar-refractivity contribution >= 4 is 35.3 Å². The Morgan fingerprint density at radius 2 is 2.05 bits per heavy atom. The zero-order valence-corrected chi connectivity index (χ0v) is 21.0. The van der Waals surface area contributed by atoms with Gasteiger partial charge >= 0.3 is 6.02 Å². The van der Waals surface area contributed by atoms with Gasteiger partial charge in [-0.25, -0.2) is 4.99 Å². The Labute approximate surface area is 218 Å². The normalized spacial score (nSPS) is 25.1. The minimum absolute atomic E-state index is 0.202. The monoisotopic (exact) mass is 522 g/mol. The van der Waals surface area contributed by atoms with E-state index in [0.29, 0.717) is 40.9 Å². The molecule has 3 amide bonds. The second-order valence-electron chi connectivity index (χ2n) is 9.84. The number of fused-ring (bicyclic) bond motifs is 1. The number of nitrogens with one attached hydrogen (secondary N) is 3. The van der Waals surface area contributed by atoms with E-state index in [1.807, 2.05) is 31.3 Å². The van der Waals surface area contributed by atoms with E-state index in [4.69, 9.17) is 21.3 Å². The Morgan fingerprint density at radius 3 is 2.76 bits per heavy atom. The summed E-state index contributed by atoms with van der Waals surface area (Å²) in [6.45, 7) is 2.22. The van der Waals surface area contributed by atoms with Crippen LogP contribution in [-0.4, -0.2) is 39.7 Å². The van der Waals surface area contributed by atoms with Gasteiger partial charge in [-0.15, -0.1) is 0 Å². The van der Waals surface area contributed by atoms with Crippen molar-refractivity contribution in [2.75, 3.05) is 0 Å². The molecule has 3 unspecified atom stereocenters. The maximum atomic E-state index is 13.3. The standard InChI is InChI=1S/C26H27ClN6O4/c1-2-19(29-26-32-31-24(37-26)14-5-6-20(28-11-14)13-3-4-13)15-9-16-17(18(27)10-15)12-33(25(16)36)21-7-8-22(34)30-23(21)35/h5-6,9-11,13,19,21,24,31H,2-4,7-8,12H2,1H3,(H,29,32)(H,30,34,35). The van der Waals surface area contributed by atoms with E-state index >= 15 is 0 Å². The number of hydrogen-bond donors (Lipinski definition) is 3. The van der Waals surface area contributed by atoms with Gasteiger partial charge in [-0.3, -0.25) is 30.1 Å². The van der Waals surface area contributed by atoms with E-state index in [9.17, 15) is 14.4 Å². The van der Waals surface area contributed by atoms with Gasteiger partial charge in [0.15, 0.2) is 6.23 Å². The smallest absolute Gasteiger partial charge is 0.302 e. The van der Waals surface area contributed by atoms with Crippen LogP contribution in [0.15, 0.2) is 35.5 Å². The predicted molar refractivity (Wildman–Crippen MR) is 134 cm³/mol. The first-order valence-corrected chi connectivity index (χ1v) is 13.0. The number of amidine groups is 1. The third-order valence-corrected chi connectivity index (χ3v) is 7.65. The molecule has 0 radical (unpaired) electrons. The van der Waals surface area contributed by atoms with E-state index in [2.05, 4.69) is 21.2 Å². The van der Waals surface area contributed by atoms with Crippen LogP contribution in [0.5, 0.6) is 0 Å². The summed E-state index contributed by atoms with van der Waals surface area (Å²) in [6, 6.07) is 7.03. The molecule has 4 heterocycles. The van der Waals surface area contributed by atoms with Crippen molar-refractivity contribution in [3.8, 4) is 0 Å². The minimum Gasteiger partial charge on any atom is -0.439 e. The van der Waals surface area contributed by atoms with Crippen LogP contribution in [0.3, 0.4) is 0 Å². The highest BCUT2D eigenvalue weighted by Gasteiger charge is 2.40. The Bertz CT molecular complexity index is 1310. The topological polar surface area (TPSA) is 125 Å². The molecule has 1 aromatic carbocycles. The van der Waals surface area contributed by atoms with Gasteiger partial charge in [-0.05, 0) is 49.4 Å². The zero-order chi connectivity index (χ0) is 25.7. The van der Waals surface area contributed by atoms with Crippen LogP contribution in [0, 0.1) is 0 Å². The van der Waals surface area contributed by atoms with Gasteiger partial charge in [0.25, 0.3) is 5.91 Å². The van der Waals surface area contributed by atoms with Gasteiger partial charge in [0.2, 0.25) is 11.8 Å². The molecule has 1 aliphatic carbocycles. The van der Waals surface area contributed by atoms with E-state index in [1.165, 1.54) is 17.7 Å². The zero-order valence-electron chi connectivity index (χ0n) is 20.3. The van der Waals surface area contributed by atoms with Gasteiger partial charge < -0.3 is 9.64 Å². The Morgan fingerprint density at radius 1 is 1.22 bits per heavy atom. The highest BCUT2D eigenvalue weighted by Crippen LogP contribution is 2.39. The van der Waals surface area contributed by atoms with E-state index < -0.39 is 18.2 Å². The van der Waals surface area contributed by atoms with Crippen molar-refractivity contribution in [2.24, 2.45) is 4.99 Å². The molecule has 3 atom stereocenters. The minimum atomic E-state index is -0.689. The summed E-state index contributed by atoms with van der Waals surface area (Å²) in [5.41, 5.74) is 10.0. The van der Waals surface area contributed by atoms with Crippen molar-refractivity contribution in [1.29, 1.82) is 0 Å². The fourth-order valence-corrected chi connectivity index (χ4v) is 5.36. The number of hydrazine groups is 1. The number of benzene rings is 1. The number of amides is 3. The summed E-state index contributed by atoms with van der Waals surface area (Å²) in [5, 5.41) is 2.77. The number of aliphatic imine (C=N–C) groups is 1. The number of carbonyl (C=O) groups is 3. The quantitative estimate of drug-likeness (QED) is 0.498. The van der Waals surface area contributed by atoms with Crippen molar-refractivity contribution < 1.29 is 19.1 Å². The molecule has 2 saturated heterocycles. The lowest BCUT2D eigenvalue weighted by Crippen LogP contribution is -2.52. The lowest BCUT2D eigenvalue weighted by molar-refractivity contribution is -0.136. The SMILES string of the molecule is CCC(N=C1NNC(c2ccc(C3CC3)nc2)O1)c1cc(Cl)c2c(c1)C(=O)N(C1CCC(=O)NC1=O)C2. The number of pyridine rings is 1. The molecule has 11 heteroatoms. The largest absolute Gasteiger partial charge is 0.439 e. The summed E-state index contributed by atoms with van der Waals surface area (Å²) in [4.78, 5) is 47.9. The number of rotatable bonds is 6. The molecule has 0 bridgehead atoms. The number of nitrogens with zero attached hydrogens (tertiary/aromatic N) is 3. The lowest BCUT2D eigenvalue weighted by Gasteiger charge is -2.29. The van der Waals surface area contributed by atoms with Crippen molar-refractivity contribution in [2.45, 2.75) is 69.8 Å². The first-order chi connectivity index (χ1) is 17.9. The molecule has 1 aromatic heterocycles. The first kappa shape index (κ1) is 23.9. The Kier molecular flexibility index (Phi) is 6.08. The fraction of sp³-hybridized carbons (Fsp3) is 0.423. The van der Waals surface area contributed by atoms with Gasteiger partial charge in [0.1, 0.15) is 6.04 Å². The summed E-state index contributed by atoms with van der Waals surface area (Å²) in [6.07, 6.45) is 4.97. The van der Waals surface area contributed by atoms with Crippen LogP contribution < -0.4 is 16.2 Å². The molecular weight excluding hydrogens is 496 g/mol. The van der Waals surface area contributed by atoms with Crippen LogP contribution in [0.4, 0.5) is 0 Å². The number of ether oxygens (including phenoxy) is 1.